The van der Waals surface area contributed by atoms with E-state index in [1.807, 2.05) is 31.2 Å². The Labute approximate surface area is 128 Å². The van der Waals surface area contributed by atoms with Crippen molar-refractivity contribution in [2.45, 2.75) is 6.92 Å². The fourth-order valence-corrected chi connectivity index (χ4v) is 1.83. The highest BCUT2D eigenvalue weighted by Crippen LogP contribution is 2.17. The number of rotatable bonds is 5. The number of amides is 1. The quantitative estimate of drug-likeness (QED) is 0.675. The fraction of sp³-hybridized carbons (Fsp3) is 0.125. The molecule has 1 aromatic carbocycles. The minimum absolute atomic E-state index is 0.264. The molecular formula is C16H15ClN2O2. The monoisotopic (exact) mass is 302 g/mol. The van der Waals surface area contributed by atoms with Gasteiger partial charge in [0.15, 0.2) is 5.15 Å². The predicted molar refractivity (Wildman–Crippen MR) is 84.5 cm³/mol. The van der Waals surface area contributed by atoms with Crippen LogP contribution in [0.5, 0.6) is 5.75 Å². The third kappa shape index (κ3) is 4.61. The molecule has 0 aliphatic heterocycles. The SMILES string of the molecule is CCOc1ccc(/C=C/C(=O)Nc2cccnc2Cl)cc1. The third-order valence-corrected chi connectivity index (χ3v) is 2.94. The van der Waals surface area contributed by atoms with Gasteiger partial charge in [-0.05, 0) is 42.8 Å². The minimum Gasteiger partial charge on any atom is -0.494 e. The molecule has 1 heterocycles. The van der Waals surface area contributed by atoms with E-state index in [2.05, 4.69) is 10.3 Å². The van der Waals surface area contributed by atoms with Crippen molar-refractivity contribution in [3.05, 3.63) is 59.4 Å². The number of nitrogens with one attached hydrogen (secondary N) is 1. The molecule has 0 saturated heterocycles. The van der Waals surface area contributed by atoms with Crippen LogP contribution in [0.3, 0.4) is 0 Å². The number of aromatic nitrogens is 1. The highest BCUT2D eigenvalue weighted by molar-refractivity contribution is 6.32. The number of halogens is 1. The van der Waals surface area contributed by atoms with Gasteiger partial charge in [0.1, 0.15) is 5.75 Å². The molecule has 0 aliphatic carbocycles. The maximum absolute atomic E-state index is 11.8. The second-order valence-electron chi connectivity index (χ2n) is 4.17. The number of carbonyl (C=O) groups is 1. The average Bonchev–Trinajstić information content (AvgIpc) is 2.49. The first-order chi connectivity index (χ1) is 10.2. The number of benzene rings is 1. The average molecular weight is 303 g/mol. The smallest absolute Gasteiger partial charge is 0.248 e. The summed E-state index contributed by atoms with van der Waals surface area (Å²) in [7, 11) is 0. The maximum atomic E-state index is 11.8. The first-order valence-electron chi connectivity index (χ1n) is 6.51. The summed E-state index contributed by atoms with van der Waals surface area (Å²) < 4.78 is 5.35. The van der Waals surface area contributed by atoms with Crippen LogP contribution >= 0.6 is 11.6 Å². The van der Waals surface area contributed by atoms with Crippen LogP contribution in [0.2, 0.25) is 5.15 Å². The Balaban J connectivity index is 1.97. The van der Waals surface area contributed by atoms with Crippen molar-refractivity contribution in [3.63, 3.8) is 0 Å². The third-order valence-electron chi connectivity index (χ3n) is 2.64. The van der Waals surface area contributed by atoms with Crippen molar-refractivity contribution in [2.75, 3.05) is 11.9 Å². The van der Waals surface area contributed by atoms with Gasteiger partial charge in [0, 0.05) is 12.3 Å². The number of pyridine rings is 1. The van der Waals surface area contributed by atoms with Crippen molar-refractivity contribution in [1.82, 2.24) is 4.98 Å². The molecule has 0 unspecified atom stereocenters. The lowest BCUT2D eigenvalue weighted by Gasteiger charge is -2.03. The molecule has 0 radical (unpaired) electrons. The summed E-state index contributed by atoms with van der Waals surface area (Å²) in [4.78, 5) is 15.7. The summed E-state index contributed by atoms with van der Waals surface area (Å²) >= 11 is 5.87. The summed E-state index contributed by atoms with van der Waals surface area (Å²) in [5.74, 6) is 0.542. The van der Waals surface area contributed by atoms with E-state index in [0.29, 0.717) is 12.3 Å². The van der Waals surface area contributed by atoms with Crippen LogP contribution in [0.25, 0.3) is 6.08 Å². The number of hydrogen-bond acceptors (Lipinski definition) is 3. The van der Waals surface area contributed by atoms with Crippen molar-refractivity contribution >= 4 is 29.3 Å². The first kappa shape index (κ1) is 15.1. The highest BCUT2D eigenvalue weighted by atomic mass is 35.5. The second-order valence-corrected chi connectivity index (χ2v) is 4.52. The van der Waals surface area contributed by atoms with Gasteiger partial charge in [-0.3, -0.25) is 4.79 Å². The topological polar surface area (TPSA) is 51.2 Å². The normalized spacial score (nSPS) is 10.6. The van der Waals surface area contributed by atoms with Gasteiger partial charge in [-0.15, -0.1) is 0 Å². The number of carbonyl (C=O) groups excluding carboxylic acids is 1. The van der Waals surface area contributed by atoms with Gasteiger partial charge in [0.2, 0.25) is 5.91 Å². The van der Waals surface area contributed by atoms with E-state index >= 15 is 0 Å². The maximum Gasteiger partial charge on any atom is 0.248 e. The summed E-state index contributed by atoms with van der Waals surface area (Å²) in [5.41, 5.74) is 1.39. The number of anilines is 1. The molecule has 0 aliphatic rings. The number of nitrogens with zero attached hydrogens (tertiary/aromatic N) is 1. The molecule has 1 amide bonds. The van der Waals surface area contributed by atoms with Crippen LogP contribution in [0.15, 0.2) is 48.7 Å². The van der Waals surface area contributed by atoms with Gasteiger partial charge < -0.3 is 10.1 Å². The van der Waals surface area contributed by atoms with Crippen LogP contribution in [0.1, 0.15) is 12.5 Å². The van der Waals surface area contributed by atoms with E-state index in [9.17, 15) is 4.79 Å². The predicted octanol–water partition coefficient (Wildman–Crippen LogP) is 3.79. The van der Waals surface area contributed by atoms with Gasteiger partial charge in [-0.25, -0.2) is 4.98 Å². The van der Waals surface area contributed by atoms with Gasteiger partial charge in [-0.1, -0.05) is 23.7 Å². The first-order valence-corrected chi connectivity index (χ1v) is 6.89. The lowest BCUT2D eigenvalue weighted by Crippen LogP contribution is -2.08. The molecule has 4 nitrogen and oxygen atoms in total. The molecule has 0 bridgehead atoms. The van der Waals surface area contributed by atoms with E-state index in [-0.39, 0.29) is 11.1 Å². The lowest BCUT2D eigenvalue weighted by atomic mass is 10.2. The van der Waals surface area contributed by atoms with Crippen molar-refractivity contribution in [1.29, 1.82) is 0 Å². The van der Waals surface area contributed by atoms with Gasteiger partial charge in [0.25, 0.3) is 0 Å². The van der Waals surface area contributed by atoms with Gasteiger partial charge >= 0.3 is 0 Å². The number of hydrogen-bond donors (Lipinski definition) is 1. The Morgan fingerprint density at radius 2 is 2.10 bits per heavy atom. The molecule has 5 heteroatoms. The molecule has 0 fully saturated rings. The zero-order chi connectivity index (χ0) is 15.1. The molecular weight excluding hydrogens is 288 g/mol. The van der Waals surface area contributed by atoms with E-state index in [0.717, 1.165) is 11.3 Å². The fourth-order valence-electron chi connectivity index (χ4n) is 1.67. The van der Waals surface area contributed by atoms with Crippen molar-refractivity contribution < 1.29 is 9.53 Å². The Morgan fingerprint density at radius 3 is 2.76 bits per heavy atom. The molecule has 108 valence electrons. The molecule has 0 spiro atoms. The minimum atomic E-state index is -0.265. The molecule has 2 aromatic rings. The zero-order valence-corrected chi connectivity index (χ0v) is 12.3. The van der Waals surface area contributed by atoms with Crippen LogP contribution < -0.4 is 10.1 Å². The van der Waals surface area contributed by atoms with Crippen LogP contribution in [-0.4, -0.2) is 17.5 Å². The van der Waals surface area contributed by atoms with Crippen molar-refractivity contribution in [3.8, 4) is 5.75 Å². The Kier molecular flexibility index (Phi) is 5.35. The Morgan fingerprint density at radius 1 is 1.33 bits per heavy atom. The Bertz CT molecular complexity index is 639. The van der Waals surface area contributed by atoms with Gasteiger partial charge in [0.05, 0.1) is 12.3 Å². The van der Waals surface area contributed by atoms with Crippen molar-refractivity contribution in [2.24, 2.45) is 0 Å². The van der Waals surface area contributed by atoms with E-state index in [1.165, 1.54) is 6.08 Å². The molecule has 1 aromatic heterocycles. The highest BCUT2D eigenvalue weighted by Gasteiger charge is 2.02. The molecule has 2 rings (SSSR count). The molecule has 21 heavy (non-hydrogen) atoms. The standard InChI is InChI=1S/C16H15ClN2O2/c1-2-21-13-8-5-12(6-9-13)7-10-15(20)19-14-4-3-11-18-16(14)17/h3-11H,2H2,1H3,(H,19,20)/b10-7+. The van der Waals surface area contributed by atoms with Crippen LogP contribution in [0.4, 0.5) is 5.69 Å². The second kappa shape index (κ2) is 7.45. The largest absolute Gasteiger partial charge is 0.494 e. The van der Waals surface area contributed by atoms with Crippen LogP contribution in [-0.2, 0) is 4.79 Å². The summed E-state index contributed by atoms with van der Waals surface area (Å²) in [6.07, 6.45) is 4.72. The summed E-state index contributed by atoms with van der Waals surface area (Å²) in [6.45, 7) is 2.56. The van der Waals surface area contributed by atoms with Gasteiger partial charge in [-0.2, -0.15) is 0 Å². The number of ether oxygens (including phenoxy) is 1. The van der Waals surface area contributed by atoms with E-state index in [1.54, 1.807) is 24.4 Å². The zero-order valence-electron chi connectivity index (χ0n) is 11.5. The van der Waals surface area contributed by atoms with E-state index < -0.39 is 0 Å². The summed E-state index contributed by atoms with van der Waals surface area (Å²) in [6, 6.07) is 10.9. The molecule has 1 N–H and O–H groups in total. The van der Waals surface area contributed by atoms with E-state index in [4.69, 9.17) is 16.3 Å². The Hall–Kier alpha value is -2.33. The lowest BCUT2D eigenvalue weighted by molar-refractivity contribution is -0.111. The molecule has 0 atom stereocenters. The summed E-state index contributed by atoms with van der Waals surface area (Å²) in [5, 5.41) is 2.93. The van der Waals surface area contributed by atoms with Crippen LogP contribution in [0, 0.1) is 0 Å². The molecule has 0 saturated carbocycles.